The molecule has 4 nitrogen and oxygen atoms in total. The number of nitrogens with zero attached hydrogens (tertiary/aromatic N) is 3. The van der Waals surface area contributed by atoms with Gasteiger partial charge in [-0.2, -0.15) is 5.10 Å². The SMILES string of the molecule is C[C@@H]1CC[C@H](N[C@H](C)CCn2cncn2)[C@H](C)C1. The van der Waals surface area contributed by atoms with Gasteiger partial charge in [0.1, 0.15) is 12.7 Å². The molecule has 1 aliphatic rings. The van der Waals surface area contributed by atoms with Gasteiger partial charge in [0, 0.05) is 18.6 Å². The van der Waals surface area contributed by atoms with Gasteiger partial charge in [0.05, 0.1) is 0 Å². The van der Waals surface area contributed by atoms with Crippen molar-refractivity contribution in [3.8, 4) is 0 Å². The molecule has 1 fully saturated rings. The Morgan fingerprint density at radius 3 is 2.89 bits per heavy atom. The van der Waals surface area contributed by atoms with Crippen molar-refractivity contribution in [2.24, 2.45) is 11.8 Å². The van der Waals surface area contributed by atoms with Gasteiger partial charge >= 0.3 is 0 Å². The Bertz CT molecular complexity index is 336. The Kier molecular flexibility index (Phi) is 4.75. The molecule has 0 unspecified atom stereocenters. The first-order valence-corrected chi connectivity index (χ1v) is 7.23. The fourth-order valence-corrected chi connectivity index (χ4v) is 3.04. The average Bonchev–Trinajstić information content (AvgIpc) is 2.83. The van der Waals surface area contributed by atoms with Gasteiger partial charge in [0.2, 0.25) is 0 Å². The van der Waals surface area contributed by atoms with Gasteiger partial charge in [-0.1, -0.05) is 13.8 Å². The molecule has 1 aromatic heterocycles. The minimum absolute atomic E-state index is 0.551. The van der Waals surface area contributed by atoms with Gasteiger partial charge in [0.25, 0.3) is 0 Å². The maximum Gasteiger partial charge on any atom is 0.137 e. The number of hydrogen-bond donors (Lipinski definition) is 1. The van der Waals surface area contributed by atoms with Crippen LogP contribution in [0.2, 0.25) is 0 Å². The first kappa shape index (κ1) is 13.5. The van der Waals surface area contributed by atoms with E-state index in [0.29, 0.717) is 12.1 Å². The van der Waals surface area contributed by atoms with E-state index in [0.717, 1.165) is 24.8 Å². The number of rotatable bonds is 5. The van der Waals surface area contributed by atoms with Crippen LogP contribution in [0.4, 0.5) is 0 Å². The summed E-state index contributed by atoms with van der Waals surface area (Å²) >= 11 is 0. The molecule has 18 heavy (non-hydrogen) atoms. The van der Waals surface area contributed by atoms with E-state index >= 15 is 0 Å². The molecular formula is C14H26N4. The predicted molar refractivity (Wildman–Crippen MR) is 73.2 cm³/mol. The van der Waals surface area contributed by atoms with Gasteiger partial charge in [-0.3, -0.25) is 4.68 Å². The minimum Gasteiger partial charge on any atom is -0.311 e. The molecule has 102 valence electrons. The third-order valence-electron chi connectivity index (χ3n) is 4.19. The molecule has 0 bridgehead atoms. The highest BCUT2D eigenvalue weighted by Gasteiger charge is 2.25. The molecule has 0 aromatic carbocycles. The number of hydrogen-bond acceptors (Lipinski definition) is 3. The molecule has 1 aromatic rings. The van der Waals surface area contributed by atoms with Crippen molar-refractivity contribution in [2.45, 2.75) is 65.1 Å². The van der Waals surface area contributed by atoms with E-state index in [1.165, 1.54) is 19.3 Å². The van der Waals surface area contributed by atoms with E-state index in [1.54, 1.807) is 12.7 Å². The molecule has 4 heteroatoms. The average molecular weight is 250 g/mol. The zero-order valence-electron chi connectivity index (χ0n) is 11.8. The van der Waals surface area contributed by atoms with E-state index in [2.05, 4.69) is 36.2 Å². The topological polar surface area (TPSA) is 42.7 Å². The van der Waals surface area contributed by atoms with Crippen LogP contribution in [0, 0.1) is 11.8 Å². The molecule has 4 atom stereocenters. The third-order valence-corrected chi connectivity index (χ3v) is 4.19. The van der Waals surface area contributed by atoms with Crippen LogP contribution in [0.25, 0.3) is 0 Å². The zero-order valence-corrected chi connectivity index (χ0v) is 11.8. The highest BCUT2D eigenvalue weighted by atomic mass is 15.3. The van der Waals surface area contributed by atoms with Crippen LogP contribution in [0.15, 0.2) is 12.7 Å². The van der Waals surface area contributed by atoms with Crippen molar-refractivity contribution < 1.29 is 0 Å². The van der Waals surface area contributed by atoms with Crippen molar-refractivity contribution in [2.75, 3.05) is 0 Å². The van der Waals surface area contributed by atoms with Crippen molar-refractivity contribution in [3.05, 3.63) is 12.7 Å². The molecule has 0 spiro atoms. The summed E-state index contributed by atoms with van der Waals surface area (Å²) in [6.45, 7) is 7.99. The highest BCUT2D eigenvalue weighted by Crippen LogP contribution is 2.28. The predicted octanol–water partition coefficient (Wildman–Crippen LogP) is 2.47. The van der Waals surface area contributed by atoms with Crippen LogP contribution in [0.3, 0.4) is 0 Å². The fourth-order valence-electron chi connectivity index (χ4n) is 3.04. The van der Waals surface area contributed by atoms with Crippen LogP contribution in [0.5, 0.6) is 0 Å². The van der Waals surface area contributed by atoms with Crippen molar-refractivity contribution in [3.63, 3.8) is 0 Å². The second-order valence-electron chi connectivity index (χ2n) is 6.02. The summed E-state index contributed by atoms with van der Waals surface area (Å²) in [5.41, 5.74) is 0. The van der Waals surface area contributed by atoms with Crippen LogP contribution in [0.1, 0.15) is 46.5 Å². The maximum absolute atomic E-state index is 4.14. The number of nitrogens with one attached hydrogen (secondary N) is 1. The van der Waals surface area contributed by atoms with E-state index in [-0.39, 0.29) is 0 Å². The minimum atomic E-state index is 0.551. The lowest BCUT2D eigenvalue weighted by molar-refractivity contribution is 0.212. The summed E-state index contributed by atoms with van der Waals surface area (Å²) < 4.78 is 1.91. The smallest absolute Gasteiger partial charge is 0.137 e. The highest BCUT2D eigenvalue weighted by molar-refractivity contribution is 4.82. The van der Waals surface area contributed by atoms with E-state index < -0.39 is 0 Å². The Morgan fingerprint density at radius 1 is 1.39 bits per heavy atom. The molecule has 0 radical (unpaired) electrons. The summed E-state index contributed by atoms with van der Waals surface area (Å²) in [6.07, 6.45) is 8.57. The Hall–Kier alpha value is -0.900. The first-order chi connectivity index (χ1) is 8.65. The standard InChI is InChI=1S/C14H26N4/c1-11-4-5-14(12(2)8-11)17-13(3)6-7-18-10-15-9-16-18/h9-14,17H,4-8H2,1-3H3/t11-,12-,13-,14+/m1/s1. The van der Waals surface area contributed by atoms with E-state index in [4.69, 9.17) is 0 Å². The van der Waals surface area contributed by atoms with Crippen LogP contribution >= 0.6 is 0 Å². The lowest BCUT2D eigenvalue weighted by atomic mass is 9.79. The quantitative estimate of drug-likeness (QED) is 0.873. The van der Waals surface area contributed by atoms with Gasteiger partial charge in [-0.25, -0.2) is 4.98 Å². The summed E-state index contributed by atoms with van der Waals surface area (Å²) in [4.78, 5) is 3.97. The summed E-state index contributed by atoms with van der Waals surface area (Å²) in [5, 5.41) is 7.93. The maximum atomic E-state index is 4.14. The molecule has 0 aliphatic heterocycles. The zero-order chi connectivity index (χ0) is 13.0. The van der Waals surface area contributed by atoms with Crippen LogP contribution < -0.4 is 5.32 Å². The summed E-state index contributed by atoms with van der Waals surface area (Å²) in [5.74, 6) is 1.71. The fraction of sp³-hybridized carbons (Fsp3) is 0.857. The van der Waals surface area contributed by atoms with Crippen molar-refractivity contribution >= 4 is 0 Å². The second-order valence-corrected chi connectivity index (χ2v) is 6.02. The van der Waals surface area contributed by atoms with Gasteiger partial charge in [0.15, 0.2) is 0 Å². The molecule has 1 aliphatic carbocycles. The number of aromatic nitrogens is 3. The van der Waals surface area contributed by atoms with Crippen molar-refractivity contribution in [1.29, 1.82) is 0 Å². The van der Waals surface area contributed by atoms with E-state index in [1.807, 2.05) is 4.68 Å². The molecule has 1 saturated carbocycles. The summed E-state index contributed by atoms with van der Waals surface area (Å²) in [7, 11) is 0. The number of aryl methyl sites for hydroxylation is 1. The van der Waals surface area contributed by atoms with Crippen LogP contribution in [-0.2, 0) is 6.54 Å². The van der Waals surface area contributed by atoms with Gasteiger partial charge in [-0.05, 0) is 44.4 Å². The lowest BCUT2D eigenvalue weighted by Gasteiger charge is -2.35. The van der Waals surface area contributed by atoms with Crippen LogP contribution in [-0.4, -0.2) is 26.8 Å². The monoisotopic (exact) mass is 250 g/mol. The lowest BCUT2D eigenvalue weighted by Crippen LogP contribution is -2.43. The normalized spacial score (nSPS) is 30.3. The van der Waals surface area contributed by atoms with Gasteiger partial charge < -0.3 is 5.32 Å². The summed E-state index contributed by atoms with van der Waals surface area (Å²) in [6, 6.07) is 1.25. The molecule has 2 rings (SSSR count). The molecule has 0 amide bonds. The van der Waals surface area contributed by atoms with Crippen molar-refractivity contribution in [1.82, 2.24) is 20.1 Å². The first-order valence-electron chi connectivity index (χ1n) is 7.23. The van der Waals surface area contributed by atoms with E-state index in [9.17, 15) is 0 Å². The largest absolute Gasteiger partial charge is 0.311 e. The van der Waals surface area contributed by atoms with Gasteiger partial charge in [-0.15, -0.1) is 0 Å². The molecular weight excluding hydrogens is 224 g/mol. The molecule has 1 N–H and O–H groups in total. The molecule has 0 saturated heterocycles. The Morgan fingerprint density at radius 2 is 2.22 bits per heavy atom. The molecule has 1 heterocycles. The Balaban J connectivity index is 1.72. The second kappa shape index (κ2) is 6.32. The Labute approximate surface area is 110 Å². The third kappa shape index (κ3) is 3.80.